The molecule has 134 valence electrons. The molecule has 0 atom stereocenters. The van der Waals surface area contributed by atoms with Crippen molar-refractivity contribution < 1.29 is 13.2 Å². The third-order valence-electron chi connectivity index (χ3n) is 3.36. The number of hydrogen-bond donors (Lipinski definition) is 1. The predicted octanol–water partition coefficient (Wildman–Crippen LogP) is 3.55. The Labute approximate surface area is 157 Å². The van der Waals surface area contributed by atoms with Gasteiger partial charge in [0.2, 0.25) is 0 Å². The Hall–Kier alpha value is -1.50. The van der Waals surface area contributed by atoms with E-state index in [0.29, 0.717) is 17.7 Å². The number of carbonyl (C=O) groups excluding carboxylic acids is 1. The van der Waals surface area contributed by atoms with Crippen molar-refractivity contribution in [3.8, 4) is 0 Å². The van der Waals surface area contributed by atoms with E-state index in [0.717, 1.165) is 16.5 Å². The summed E-state index contributed by atoms with van der Waals surface area (Å²) in [5.74, 6) is 1.50. The van der Waals surface area contributed by atoms with Crippen LogP contribution in [0, 0.1) is 0 Å². The van der Waals surface area contributed by atoms with Crippen molar-refractivity contribution in [2.45, 2.75) is 11.5 Å². The van der Waals surface area contributed by atoms with Crippen molar-refractivity contribution in [3.05, 3.63) is 70.2 Å². The van der Waals surface area contributed by atoms with E-state index in [9.17, 15) is 13.2 Å². The number of nitrogens with one attached hydrogen (secondary N) is 1. The molecule has 0 aliphatic carbocycles. The van der Waals surface area contributed by atoms with Gasteiger partial charge in [0.05, 0.1) is 5.75 Å². The molecule has 0 saturated heterocycles. The van der Waals surface area contributed by atoms with Crippen LogP contribution < -0.4 is 5.32 Å². The van der Waals surface area contributed by atoms with Crippen LogP contribution in [0.2, 0.25) is 5.02 Å². The minimum Gasteiger partial charge on any atom is -0.351 e. The highest BCUT2D eigenvalue weighted by Crippen LogP contribution is 2.15. The zero-order chi connectivity index (χ0) is 18.3. The van der Waals surface area contributed by atoms with E-state index < -0.39 is 9.84 Å². The van der Waals surface area contributed by atoms with Crippen LogP contribution in [0.25, 0.3) is 0 Å². The molecule has 1 amide bonds. The lowest BCUT2D eigenvalue weighted by Crippen LogP contribution is -2.25. The summed E-state index contributed by atoms with van der Waals surface area (Å²) in [5, 5.41) is 3.59. The lowest BCUT2D eigenvalue weighted by atomic mass is 10.1. The van der Waals surface area contributed by atoms with Crippen molar-refractivity contribution >= 4 is 39.1 Å². The van der Waals surface area contributed by atoms with E-state index in [1.165, 1.54) is 11.8 Å². The van der Waals surface area contributed by atoms with Gasteiger partial charge in [-0.05, 0) is 35.4 Å². The molecule has 1 N–H and O–H groups in total. The normalized spacial score (nSPS) is 11.3. The monoisotopic (exact) mass is 397 g/mol. The van der Waals surface area contributed by atoms with Gasteiger partial charge in [0.1, 0.15) is 0 Å². The molecule has 0 radical (unpaired) electrons. The molecule has 0 bridgehead atoms. The maximum atomic E-state index is 12.1. The largest absolute Gasteiger partial charge is 0.351 e. The topological polar surface area (TPSA) is 63.2 Å². The molecule has 0 unspecified atom stereocenters. The Balaban J connectivity index is 1.72. The summed E-state index contributed by atoms with van der Waals surface area (Å²) in [6.07, 6.45) is 1.19. The molecule has 0 aromatic heterocycles. The SMILES string of the molecule is CS(=O)(=O)Cc1ccc(C(=O)NCCSCc2ccc(Cl)cc2)cc1. The minimum atomic E-state index is -3.07. The molecule has 7 heteroatoms. The number of rotatable bonds is 8. The molecule has 2 rings (SSSR count). The van der Waals surface area contributed by atoms with Gasteiger partial charge in [0.15, 0.2) is 9.84 Å². The maximum Gasteiger partial charge on any atom is 0.251 e. The standard InChI is InChI=1S/C18H20ClNO3S2/c1-25(22,23)13-15-2-6-16(7-3-15)18(21)20-10-11-24-12-14-4-8-17(19)9-5-14/h2-9H,10-13H2,1H3,(H,20,21). The van der Waals surface area contributed by atoms with E-state index in [1.807, 2.05) is 24.3 Å². The van der Waals surface area contributed by atoms with Crippen LogP contribution in [0.4, 0.5) is 0 Å². The first-order valence-corrected chi connectivity index (χ1v) is 11.3. The fourth-order valence-corrected chi connectivity index (χ4v) is 3.91. The van der Waals surface area contributed by atoms with Crippen LogP contribution in [0.1, 0.15) is 21.5 Å². The summed E-state index contributed by atoms with van der Waals surface area (Å²) in [5.41, 5.74) is 2.40. The van der Waals surface area contributed by atoms with Crippen molar-refractivity contribution in [3.63, 3.8) is 0 Å². The molecule has 0 aliphatic rings. The lowest BCUT2D eigenvalue weighted by Gasteiger charge is -2.06. The van der Waals surface area contributed by atoms with E-state index in [-0.39, 0.29) is 11.7 Å². The predicted molar refractivity (Wildman–Crippen MR) is 105 cm³/mol. The maximum absolute atomic E-state index is 12.1. The average molecular weight is 398 g/mol. The molecule has 0 aliphatic heterocycles. The van der Waals surface area contributed by atoms with Crippen LogP contribution in [-0.2, 0) is 21.3 Å². The summed E-state index contributed by atoms with van der Waals surface area (Å²) >= 11 is 7.58. The van der Waals surface area contributed by atoms with Crippen LogP contribution in [0.3, 0.4) is 0 Å². The van der Waals surface area contributed by atoms with Gasteiger partial charge in [-0.25, -0.2) is 8.42 Å². The Morgan fingerprint density at radius 2 is 1.64 bits per heavy atom. The third-order valence-corrected chi connectivity index (χ3v) is 5.50. The minimum absolute atomic E-state index is 0.0176. The van der Waals surface area contributed by atoms with Gasteiger partial charge in [0.25, 0.3) is 5.91 Å². The summed E-state index contributed by atoms with van der Waals surface area (Å²) in [7, 11) is -3.07. The van der Waals surface area contributed by atoms with Gasteiger partial charge in [-0.15, -0.1) is 0 Å². The van der Waals surface area contributed by atoms with Gasteiger partial charge in [-0.2, -0.15) is 11.8 Å². The van der Waals surface area contributed by atoms with E-state index in [1.54, 1.807) is 36.0 Å². The van der Waals surface area contributed by atoms with Gasteiger partial charge < -0.3 is 5.32 Å². The fraction of sp³-hybridized carbons (Fsp3) is 0.278. The first kappa shape index (κ1) is 19.8. The van der Waals surface area contributed by atoms with Crippen molar-refractivity contribution in [1.29, 1.82) is 0 Å². The number of hydrogen-bond acceptors (Lipinski definition) is 4. The lowest BCUT2D eigenvalue weighted by molar-refractivity contribution is 0.0956. The second kappa shape index (κ2) is 9.27. The van der Waals surface area contributed by atoms with Crippen molar-refractivity contribution in [2.75, 3.05) is 18.6 Å². The Morgan fingerprint density at radius 1 is 1.04 bits per heavy atom. The highest BCUT2D eigenvalue weighted by Gasteiger charge is 2.07. The van der Waals surface area contributed by atoms with E-state index >= 15 is 0 Å². The third kappa shape index (κ3) is 7.50. The summed E-state index contributed by atoms with van der Waals surface area (Å²) < 4.78 is 22.5. The smallest absolute Gasteiger partial charge is 0.251 e. The zero-order valence-electron chi connectivity index (χ0n) is 13.9. The second-order valence-corrected chi connectivity index (χ2v) is 9.38. The average Bonchev–Trinajstić information content (AvgIpc) is 2.55. The molecule has 25 heavy (non-hydrogen) atoms. The van der Waals surface area contributed by atoms with Gasteiger partial charge in [-0.3, -0.25) is 4.79 Å². The second-order valence-electron chi connectivity index (χ2n) is 5.70. The quantitative estimate of drug-likeness (QED) is 0.692. The number of benzene rings is 2. The molecule has 0 fully saturated rings. The van der Waals surface area contributed by atoms with Crippen LogP contribution in [-0.4, -0.2) is 32.9 Å². The summed E-state index contributed by atoms with van der Waals surface area (Å²) in [4.78, 5) is 12.1. The summed E-state index contributed by atoms with van der Waals surface area (Å²) in [6.45, 7) is 0.572. The van der Waals surface area contributed by atoms with Gasteiger partial charge in [0, 0.05) is 34.9 Å². The molecule has 2 aromatic carbocycles. The van der Waals surface area contributed by atoms with Crippen LogP contribution >= 0.6 is 23.4 Å². The first-order chi connectivity index (χ1) is 11.8. The van der Waals surface area contributed by atoms with Crippen LogP contribution in [0.5, 0.6) is 0 Å². The highest BCUT2D eigenvalue weighted by atomic mass is 35.5. The van der Waals surface area contributed by atoms with Gasteiger partial charge in [-0.1, -0.05) is 35.9 Å². The Kier molecular flexibility index (Phi) is 7.35. The number of halogens is 1. The Morgan fingerprint density at radius 3 is 2.24 bits per heavy atom. The molecular formula is C18H20ClNO3S2. The molecule has 0 heterocycles. The van der Waals surface area contributed by atoms with E-state index in [4.69, 9.17) is 11.6 Å². The van der Waals surface area contributed by atoms with Crippen LogP contribution in [0.15, 0.2) is 48.5 Å². The Bertz CT molecular complexity index is 803. The number of carbonyl (C=O) groups is 1. The number of amides is 1. The van der Waals surface area contributed by atoms with Gasteiger partial charge >= 0.3 is 0 Å². The fourth-order valence-electron chi connectivity index (χ4n) is 2.16. The first-order valence-electron chi connectivity index (χ1n) is 7.70. The zero-order valence-corrected chi connectivity index (χ0v) is 16.3. The highest BCUT2D eigenvalue weighted by molar-refractivity contribution is 7.98. The molecule has 0 saturated carbocycles. The van der Waals surface area contributed by atoms with Crippen molar-refractivity contribution in [1.82, 2.24) is 5.32 Å². The summed E-state index contributed by atoms with van der Waals surface area (Å²) in [6, 6.07) is 14.4. The molecule has 0 spiro atoms. The van der Waals surface area contributed by atoms with Crippen molar-refractivity contribution in [2.24, 2.45) is 0 Å². The number of sulfone groups is 1. The van der Waals surface area contributed by atoms with E-state index in [2.05, 4.69) is 5.32 Å². The molecular weight excluding hydrogens is 378 g/mol. The number of thioether (sulfide) groups is 1. The molecule has 2 aromatic rings. The molecule has 4 nitrogen and oxygen atoms in total.